The number of aromatic nitrogens is 1. The predicted octanol–water partition coefficient (Wildman–Crippen LogP) is 4.51. The molecule has 1 amide bonds. The lowest BCUT2D eigenvalue weighted by molar-refractivity contribution is -0.153. The van der Waals surface area contributed by atoms with Crippen LogP contribution in [0, 0.1) is 17.8 Å². The second-order valence-corrected chi connectivity index (χ2v) is 16.6. The summed E-state index contributed by atoms with van der Waals surface area (Å²) in [5.41, 5.74) is 1.49. The molecule has 2 aliphatic heterocycles. The molecule has 3 aliphatic rings. The predicted molar refractivity (Wildman–Crippen MR) is 184 cm³/mol. The Morgan fingerprint density at radius 2 is 1.92 bits per heavy atom. The van der Waals surface area contributed by atoms with E-state index in [0.29, 0.717) is 37.4 Å². The van der Waals surface area contributed by atoms with Gasteiger partial charge in [0.25, 0.3) is 10.0 Å². The molecule has 2 aromatic carbocycles. The van der Waals surface area contributed by atoms with Crippen LogP contribution in [0.25, 0.3) is 10.2 Å². The molecule has 0 spiro atoms. The van der Waals surface area contributed by atoms with Crippen molar-refractivity contribution in [2.45, 2.75) is 95.0 Å². The fourth-order valence-electron chi connectivity index (χ4n) is 6.73. The number of hydrazine groups is 1. The molecular formula is C34H47N5O7S2. The van der Waals surface area contributed by atoms with Gasteiger partial charge in [0.1, 0.15) is 6.10 Å². The molecule has 48 heavy (non-hydrogen) atoms. The van der Waals surface area contributed by atoms with Gasteiger partial charge in [-0.2, -0.15) is 0 Å². The van der Waals surface area contributed by atoms with E-state index < -0.39 is 34.4 Å². The van der Waals surface area contributed by atoms with E-state index in [1.165, 1.54) is 16.3 Å². The molecule has 262 valence electrons. The Kier molecular flexibility index (Phi) is 10.9. The molecule has 4 N–H and O–H groups in total. The summed E-state index contributed by atoms with van der Waals surface area (Å²) < 4.78 is 46.0. The van der Waals surface area contributed by atoms with E-state index in [1.54, 1.807) is 18.2 Å². The lowest BCUT2D eigenvalue weighted by atomic mass is 9.78. The first-order chi connectivity index (χ1) is 22.9. The van der Waals surface area contributed by atoms with Gasteiger partial charge in [-0.3, -0.25) is 0 Å². The first kappa shape index (κ1) is 35.0. The van der Waals surface area contributed by atoms with Crippen LogP contribution in [0.5, 0.6) is 0 Å². The highest BCUT2D eigenvalue weighted by Gasteiger charge is 2.53. The number of rotatable bonds is 15. The minimum absolute atomic E-state index is 0.0678. The van der Waals surface area contributed by atoms with Gasteiger partial charge in [0.15, 0.2) is 11.4 Å². The average molecular weight is 702 g/mol. The van der Waals surface area contributed by atoms with Crippen molar-refractivity contribution in [3.8, 4) is 0 Å². The number of amides is 1. The number of nitrogens with one attached hydrogen (secondary N) is 3. The van der Waals surface area contributed by atoms with E-state index in [4.69, 9.17) is 14.2 Å². The first-order valence-corrected chi connectivity index (χ1v) is 19.1. The summed E-state index contributed by atoms with van der Waals surface area (Å²) >= 11 is 1.47. The fraction of sp³-hybridized carbons (Fsp3) is 0.588. The Bertz CT molecular complexity index is 1650. The van der Waals surface area contributed by atoms with Crippen LogP contribution in [0.2, 0.25) is 0 Å². The van der Waals surface area contributed by atoms with Gasteiger partial charge in [-0.1, -0.05) is 55.5 Å². The van der Waals surface area contributed by atoms with Crippen molar-refractivity contribution in [2.75, 3.05) is 25.0 Å². The summed E-state index contributed by atoms with van der Waals surface area (Å²) in [6, 6.07) is 13.8. The van der Waals surface area contributed by atoms with Gasteiger partial charge in [-0.15, -0.1) is 4.83 Å². The van der Waals surface area contributed by atoms with Crippen molar-refractivity contribution in [2.24, 2.45) is 17.8 Å². The molecule has 3 fully saturated rings. The number of carbonyl (C=O) groups excluding carboxylic acids is 1. The zero-order valence-electron chi connectivity index (χ0n) is 27.9. The zero-order valence-corrected chi connectivity index (χ0v) is 29.5. The van der Waals surface area contributed by atoms with Crippen molar-refractivity contribution in [3.05, 3.63) is 54.1 Å². The number of aliphatic hydroxyl groups excluding tert-OH is 1. The summed E-state index contributed by atoms with van der Waals surface area (Å²) in [6.07, 6.45) is 0.0483. The standard InChI is InChI=1S/C34H47N5O7S2/c1-20(2)12-13-39(38-48(42,43)25-10-11-30-27(17-25)36-33(47-30)35-21(3)4)18-28(40)26(14-22-8-6-5-7-9-22)37-34(41)46-31-24-15-23-16-29(31)45-32(23)44-19-24/h5-11,17,20-21,23-24,26,28-29,31-32,38,40H,12-16,18-19H2,1-4H3,(H,35,36)(H,37,41)/t23?,24?,26-,28+,29?,31?,32?/m0/s1. The number of benzene rings is 2. The second-order valence-electron chi connectivity index (χ2n) is 13.9. The average Bonchev–Trinajstić information content (AvgIpc) is 3.57. The maximum atomic E-state index is 13.7. The monoisotopic (exact) mass is 701 g/mol. The maximum Gasteiger partial charge on any atom is 0.407 e. The number of aliphatic hydroxyl groups is 1. The van der Waals surface area contributed by atoms with Crippen LogP contribution in [-0.4, -0.2) is 86.0 Å². The van der Waals surface area contributed by atoms with Crippen LogP contribution >= 0.6 is 11.3 Å². The Balaban J connectivity index is 1.17. The topological polar surface area (TPSA) is 151 Å². The minimum Gasteiger partial charge on any atom is -0.443 e. The number of alkyl carbamates (subject to hydrolysis) is 1. The molecule has 0 radical (unpaired) electrons. The summed E-state index contributed by atoms with van der Waals surface area (Å²) in [7, 11) is -4.02. The number of thiazole rings is 1. The van der Waals surface area contributed by atoms with Gasteiger partial charge in [-0.25, -0.2) is 23.2 Å². The number of nitrogens with zero attached hydrogens (tertiary/aromatic N) is 2. The van der Waals surface area contributed by atoms with Crippen LogP contribution < -0.4 is 15.5 Å². The van der Waals surface area contributed by atoms with Crippen molar-refractivity contribution >= 4 is 42.8 Å². The van der Waals surface area contributed by atoms with Crippen LogP contribution in [0.1, 0.15) is 52.5 Å². The quantitative estimate of drug-likeness (QED) is 0.167. The van der Waals surface area contributed by atoms with E-state index in [9.17, 15) is 18.3 Å². The summed E-state index contributed by atoms with van der Waals surface area (Å²) in [4.78, 5) is 20.7. The molecule has 1 saturated carbocycles. The summed E-state index contributed by atoms with van der Waals surface area (Å²) in [5, 5.41) is 20.1. The Labute approximate surface area is 286 Å². The van der Waals surface area contributed by atoms with Gasteiger partial charge >= 0.3 is 6.09 Å². The third-order valence-electron chi connectivity index (χ3n) is 9.16. The second kappa shape index (κ2) is 15.0. The van der Waals surface area contributed by atoms with E-state index in [0.717, 1.165) is 28.2 Å². The number of ether oxygens (including phenoxy) is 3. The molecule has 3 aromatic rings. The van der Waals surface area contributed by atoms with Gasteiger partial charge < -0.3 is 30.0 Å². The van der Waals surface area contributed by atoms with Gasteiger partial charge in [0.2, 0.25) is 0 Å². The van der Waals surface area contributed by atoms with Gasteiger partial charge in [0.05, 0.1) is 40.0 Å². The molecule has 12 nitrogen and oxygen atoms in total. The molecule has 7 atom stereocenters. The number of hydrogen-bond donors (Lipinski definition) is 4. The maximum absolute atomic E-state index is 13.7. The van der Waals surface area contributed by atoms with Crippen molar-refractivity contribution in [1.82, 2.24) is 20.1 Å². The van der Waals surface area contributed by atoms with Crippen molar-refractivity contribution in [3.63, 3.8) is 0 Å². The molecule has 3 bridgehead atoms. The normalized spacial score (nSPS) is 24.8. The number of fused-ring (bicyclic) bond motifs is 3. The number of hydrogen-bond acceptors (Lipinski definition) is 11. The highest BCUT2D eigenvalue weighted by atomic mass is 32.2. The van der Waals surface area contributed by atoms with Crippen molar-refractivity contribution < 1.29 is 32.5 Å². The Hall–Kier alpha value is -2.85. The van der Waals surface area contributed by atoms with E-state index in [-0.39, 0.29) is 41.7 Å². The molecular weight excluding hydrogens is 655 g/mol. The van der Waals surface area contributed by atoms with E-state index >= 15 is 0 Å². The number of carbonyl (C=O) groups is 1. The minimum atomic E-state index is -4.02. The molecule has 1 aromatic heterocycles. The fourth-order valence-corrected chi connectivity index (χ4v) is 8.85. The highest BCUT2D eigenvalue weighted by molar-refractivity contribution is 7.89. The SMILES string of the molecule is CC(C)CCN(C[C@@H](O)[C@H](Cc1ccccc1)NC(=O)OC1C2COC3OC1CC3C2)NS(=O)(=O)c1ccc2sc(NC(C)C)nc2c1. The third kappa shape index (κ3) is 8.47. The molecule has 6 rings (SSSR count). The van der Waals surface area contributed by atoms with Crippen molar-refractivity contribution in [1.29, 1.82) is 0 Å². The highest BCUT2D eigenvalue weighted by Crippen LogP contribution is 2.46. The lowest BCUT2D eigenvalue weighted by Gasteiger charge is -2.37. The smallest absolute Gasteiger partial charge is 0.407 e. The summed E-state index contributed by atoms with van der Waals surface area (Å²) in [6.45, 7) is 8.91. The number of anilines is 1. The number of sulfonamides is 1. The Morgan fingerprint density at radius 3 is 2.67 bits per heavy atom. The Morgan fingerprint density at radius 1 is 1.12 bits per heavy atom. The van der Waals surface area contributed by atoms with Crippen LogP contribution in [-0.2, 0) is 30.7 Å². The van der Waals surface area contributed by atoms with E-state index in [2.05, 4.69) is 34.3 Å². The van der Waals surface area contributed by atoms with Crippen LogP contribution in [0.3, 0.4) is 0 Å². The molecule has 2 saturated heterocycles. The molecule has 3 heterocycles. The van der Waals surface area contributed by atoms with E-state index in [1.807, 2.05) is 44.2 Å². The summed E-state index contributed by atoms with van der Waals surface area (Å²) in [5.74, 6) is 0.693. The zero-order chi connectivity index (χ0) is 34.0. The van der Waals surface area contributed by atoms with Crippen LogP contribution in [0.15, 0.2) is 53.4 Å². The largest absolute Gasteiger partial charge is 0.443 e. The first-order valence-electron chi connectivity index (χ1n) is 16.8. The van der Waals surface area contributed by atoms with Crippen LogP contribution in [0.4, 0.5) is 9.93 Å². The molecule has 5 unspecified atom stereocenters. The van der Waals surface area contributed by atoms with Gasteiger partial charge in [0, 0.05) is 31.0 Å². The lowest BCUT2D eigenvalue weighted by Crippen LogP contribution is -2.54. The van der Waals surface area contributed by atoms with Gasteiger partial charge in [-0.05, 0) is 69.2 Å². The molecule has 1 aliphatic carbocycles. The molecule has 14 heteroatoms. The third-order valence-corrected chi connectivity index (χ3v) is 11.5.